The van der Waals surface area contributed by atoms with Crippen molar-refractivity contribution in [2.75, 3.05) is 19.8 Å². The molecule has 132 valence electrons. The van der Waals surface area contributed by atoms with Crippen molar-refractivity contribution in [2.45, 2.75) is 33.1 Å². The number of nitrogens with one attached hydrogen (secondary N) is 1. The molecule has 24 heavy (non-hydrogen) atoms. The van der Waals surface area contributed by atoms with E-state index in [1.54, 1.807) is 0 Å². The first-order chi connectivity index (χ1) is 11.5. The Balaban J connectivity index is 1.85. The van der Waals surface area contributed by atoms with E-state index in [4.69, 9.17) is 4.74 Å². The van der Waals surface area contributed by atoms with Crippen LogP contribution in [0.25, 0.3) is 0 Å². The summed E-state index contributed by atoms with van der Waals surface area (Å²) in [6, 6.07) is 8.12. The average molecular weight is 333 g/mol. The molecule has 1 amide bonds. The summed E-state index contributed by atoms with van der Waals surface area (Å²) in [5.41, 5.74) is 2.30. The molecule has 5 heteroatoms. The number of hydrogen-bond donors (Lipinski definition) is 2. The van der Waals surface area contributed by atoms with Crippen LogP contribution in [0.5, 0.6) is 0 Å². The second-order valence-electron chi connectivity index (χ2n) is 6.73. The Morgan fingerprint density at radius 2 is 1.88 bits per heavy atom. The summed E-state index contributed by atoms with van der Waals surface area (Å²) < 4.78 is 5.29. The summed E-state index contributed by atoms with van der Waals surface area (Å²) in [5, 5.41) is 12.3. The summed E-state index contributed by atoms with van der Waals surface area (Å²) in [5.74, 6) is -1.58. The number of carbonyl (C=O) groups excluding carboxylic acids is 1. The smallest absolute Gasteiger partial charge is 0.308 e. The fourth-order valence-corrected chi connectivity index (χ4v) is 3.13. The van der Waals surface area contributed by atoms with Gasteiger partial charge in [0.1, 0.15) is 0 Å². The minimum absolute atomic E-state index is 0.0731. The number of carboxylic acid groups (broad SMARTS) is 1. The van der Waals surface area contributed by atoms with Gasteiger partial charge in [0.05, 0.1) is 5.92 Å². The molecule has 2 N–H and O–H groups in total. The predicted molar refractivity (Wildman–Crippen MR) is 91.7 cm³/mol. The molecule has 0 radical (unpaired) electrons. The monoisotopic (exact) mass is 333 g/mol. The third kappa shape index (κ3) is 5.34. The van der Waals surface area contributed by atoms with Gasteiger partial charge >= 0.3 is 5.97 Å². The molecule has 0 aromatic heterocycles. The lowest BCUT2D eigenvalue weighted by atomic mass is 9.86. The van der Waals surface area contributed by atoms with Crippen LogP contribution in [0, 0.1) is 24.7 Å². The Labute approximate surface area is 143 Å². The minimum Gasteiger partial charge on any atom is -0.481 e. The highest BCUT2D eigenvalue weighted by atomic mass is 16.5. The Kier molecular flexibility index (Phi) is 6.79. The lowest BCUT2D eigenvalue weighted by Gasteiger charge is -2.28. The van der Waals surface area contributed by atoms with Gasteiger partial charge in [-0.25, -0.2) is 0 Å². The summed E-state index contributed by atoms with van der Waals surface area (Å²) >= 11 is 0. The Bertz CT molecular complexity index is 549. The van der Waals surface area contributed by atoms with Gasteiger partial charge in [-0.2, -0.15) is 0 Å². The van der Waals surface area contributed by atoms with Gasteiger partial charge in [-0.1, -0.05) is 36.8 Å². The van der Waals surface area contributed by atoms with Crippen molar-refractivity contribution in [1.29, 1.82) is 0 Å². The highest BCUT2D eigenvalue weighted by Gasteiger charge is 2.30. The molecule has 1 heterocycles. The Morgan fingerprint density at radius 1 is 1.25 bits per heavy atom. The zero-order chi connectivity index (χ0) is 17.5. The van der Waals surface area contributed by atoms with Gasteiger partial charge < -0.3 is 15.2 Å². The first-order valence-corrected chi connectivity index (χ1v) is 8.61. The molecule has 1 fully saturated rings. The summed E-state index contributed by atoms with van der Waals surface area (Å²) in [6.45, 7) is 5.30. The van der Waals surface area contributed by atoms with Gasteiger partial charge in [0.2, 0.25) is 5.91 Å². The highest BCUT2D eigenvalue weighted by Crippen LogP contribution is 2.24. The molecular weight excluding hydrogens is 306 g/mol. The molecule has 0 aliphatic carbocycles. The lowest BCUT2D eigenvalue weighted by molar-refractivity contribution is -0.145. The quantitative estimate of drug-likeness (QED) is 0.803. The molecular formula is C19H27NO4. The van der Waals surface area contributed by atoms with Crippen LogP contribution >= 0.6 is 0 Å². The van der Waals surface area contributed by atoms with Crippen molar-refractivity contribution in [2.24, 2.45) is 17.8 Å². The average Bonchev–Trinajstić information content (AvgIpc) is 2.57. The van der Waals surface area contributed by atoms with E-state index in [2.05, 4.69) is 5.32 Å². The number of amides is 1. The predicted octanol–water partition coefficient (Wildman–Crippen LogP) is 2.42. The second-order valence-corrected chi connectivity index (χ2v) is 6.73. The van der Waals surface area contributed by atoms with Crippen molar-refractivity contribution < 1.29 is 19.4 Å². The topological polar surface area (TPSA) is 75.6 Å². The van der Waals surface area contributed by atoms with Crippen LogP contribution in [0.2, 0.25) is 0 Å². The number of carboxylic acids is 1. The van der Waals surface area contributed by atoms with Crippen molar-refractivity contribution in [3.8, 4) is 0 Å². The number of benzene rings is 1. The van der Waals surface area contributed by atoms with E-state index in [0.29, 0.717) is 19.6 Å². The van der Waals surface area contributed by atoms with E-state index >= 15 is 0 Å². The molecule has 1 saturated heterocycles. The zero-order valence-corrected chi connectivity index (χ0v) is 14.5. The first kappa shape index (κ1) is 18.5. The molecule has 0 spiro atoms. The maximum absolute atomic E-state index is 12.3. The molecule has 2 rings (SSSR count). The van der Waals surface area contributed by atoms with Crippen LogP contribution in [0.1, 0.15) is 30.9 Å². The SMILES string of the molecule is Cc1ccc(CC(C)C(=O)NCC(C(=O)O)C2CCOCC2)cc1. The third-order valence-corrected chi connectivity index (χ3v) is 4.76. The molecule has 0 bridgehead atoms. The normalized spacial score (nSPS) is 17.9. The number of rotatable bonds is 7. The molecule has 1 aliphatic rings. The van der Waals surface area contributed by atoms with Crippen molar-refractivity contribution in [3.05, 3.63) is 35.4 Å². The van der Waals surface area contributed by atoms with Gasteiger partial charge in [0.15, 0.2) is 0 Å². The number of hydrogen-bond acceptors (Lipinski definition) is 3. The largest absolute Gasteiger partial charge is 0.481 e. The maximum atomic E-state index is 12.3. The first-order valence-electron chi connectivity index (χ1n) is 8.61. The maximum Gasteiger partial charge on any atom is 0.308 e. The number of aliphatic carboxylic acids is 1. The standard InChI is InChI=1S/C19H27NO4/c1-13-3-5-15(6-4-13)11-14(2)18(21)20-12-17(19(22)23)16-7-9-24-10-8-16/h3-6,14,16-17H,7-12H2,1-2H3,(H,20,21)(H,22,23). The van der Waals surface area contributed by atoms with Crippen molar-refractivity contribution in [3.63, 3.8) is 0 Å². The minimum atomic E-state index is -0.839. The van der Waals surface area contributed by atoms with E-state index in [0.717, 1.165) is 18.4 Å². The van der Waals surface area contributed by atoms with E-state index in [1.165, 1.54) is 5.56 Å². The van der Waals surface area contributed by atoms with E-state index < -0.39 is 11.9 Å². The van der Waals surface area contributed by atoms with E-state index in [-0.39, 0.29) is 24.3 Å². The van der Waals surface area contributed by atoms with Gasteiger partial charge in [-0.05, 0) is 37.7 Å². The van der Waals surface area contributed by atoms with Gasteiger partial charge in [0.25, 0.3) is 0 Å². The Morgan fingerprint density at radius 3 is 2.46 bits per heavy atom. The zero-order valence-electron chi connectivity index (χ0n) is 14.5. The summed E-state index contributed by atoms with van der Waals surface area (Å²) in [7, 11) is 0. The van der Waals surface area contributed by atoms with Crippen LogP contribution in [0.4, 0.5) is 0 Å². The van der Waals surface area contributed by atoms with Gasteiger partial charge in [-0.3, -0.25) is 9.59 Å². The van der Waals surface area contributed by atoms with Crippen LogP contribution < -0.4 is 5.32 Å². The highest BCUT2D eigenvalue weighted by molar-refractivity contribution is 5.79. The van der Waals surface area contributed by atoms with E-state index in [1.807, 2.05) is 38.1 Å². The molecule has 2 unspecified atom stereocenters. The van der Waals surface area contributed by atoms with Crippen LogP contribution in [0.3, 0.4) is 0 Å². The third-order valence-electron chi connectivity index (χ3n) is 4.76. The van der Waals surface area contributed by atoms with E-state index in [9.17, 15) is 14.7 Å². The van der Waals surface area contributed by atoms with Crippen molar-refractivity contribution in [1.82, 2.24) is 5.32 Å². The molecule has 1 aliphatic heterocycles. The molecule has 0 saturated carbocycles. The second kappa shape index (κ2) is 8.83. The molecule has 2 atom stereocenters. The van der Waals surface area contributed by atoms with Gasteiger partial charge in [-0.15, -0.1) is 0 Å². The van der Waals surface area contributed by atoms with Crippen LogP contribution in [-0.2, 0) is 20.7 Å². The van der Waals surface area contributed by atoms with Crippen LogP contribution in [-0.4, -0.2) is 36.7 Å². The number of ether oxygens (including phenoxy) is 1. The number of aryl methyl sites for hydroxylation is 1. The Hall–Kier alpha value is -1.88. The lowest BCUT2D eigenvalue weighted by Crippen LogP contribution is -2.40. The van der Waals surface area contributed by atoms with Gasteiger partial charge in [0, 0.05) is 25.7 Å². The van der Waals surface area contributed by atoms with Crippen LogP contribution in [0.15, 0.2) is 24.3 Å². The summed E-state index contributed by atoms with van der Waals surface area (Å²) in [4.78, 5) is 23.8. The fourth-order valence-electron chi connectivity index (χ4n) is 3.13. The molecule has 1 aromatic rings. The van der Waals surface area contributed by atoms with Crippen molar-refractivity contribution >= 4 is 11.9 Å². The molecule has 1 aromatic carbocycles. The number of carbonyl (C=O) groups is 2. The summed E-state index contributed by atoms with van der Waals surface area (Å²) in [6.07, 6.45) is 2.14. The molecule has 5 nitrogen and oxygen atoms in total. The fraction of sp³-hybridized carbons (Fsp3) is 0.579.